The lowest BCUT2D eigenvalue weighted by molar-refractivity contribution is 1.17. The number of hydrogen-bond donors (Lipinski definition) is 0. The summed E-state index contributed by atoms with van der Waals surface area (Å²) in [7, 11) is 0. The number of hydrogen-bond acceptors (Lipinski definition) is 2. The van der Waals surface area contributed by atoms with Gasteiger partial charge in [0.2, 0.25) is 0 Å². The van der Waals surface area contributed by atoms with Crippen LogP contribution in [0.15, 0.2) is 194 Å². The fourth-order valence-corrected chi connectivity index (χ4v) is 8.32. The Morgan fingerprint density at radius 2 is 0.852 bits per heavy atom. The molecule has 0 atom stereocenters. The minimum atomic E-state index is 0.697. The van der Waals surface area contributed by atoms with Gasteiger partial charge in [0.15, 0.2) is 5.82 Å². The highest BCUT2D eigenvalue weighted by molar-refractivity contribution is 6.19. The summed E-state index contributed by atoms with van der Waals surface area (Å²) in [4.78, 5) is 10.6. The summed E-state index contributed by atoms with van der Waals surface area (Å²) in [6, 6.07) is 68.9. The van der Waals surface area contributed by atoms with Gasteiger partial charge < -0.3 is 9.13 Å². The lowest BCUT2D eigenvalue weighted by atomic mass is 9.96. The molecule has 4 heteroatoms. The molecular weight excluding hydrogens is 657 g/mol. The number of benzene rings is 8. The van der Waals surface area contributed by atoms with E-state index >= 15 is 0 Å². The summed E-state index contributed by atoms with van der Waals surface area (Å²) < 4.78 is 4.79. The van der Waals surface area contributed by atoms with E-state index in [0.717, 1.165) is 61.3 Å². The molecule has 0 bridgehead atoms. The zero-order chi connectivity index (χ0) is 35.6. The molecule has 0 N–H and O–H groups in total. The van der Waals surface area contributed by atoms with Crippen molar-refractivity contribution in [3.05, 3.63) is 194 Å². The van der Waals surface area contributed by atoms with Crippen molar-refractivity contribution in [2.75, 3.05) is 0 Å². The van der Waals surface area contributed by atoms with E-state index in [1.54, 1.807) is 0 Å². The van der Waals surface area contributed by atoms with Gasteiger partial charge in [0.1, 0.15) is 0 Å². The number of aromatic nitrogens is 4. The third-order valence-corrected chi connectivity index (χ3v) is 10.7. The highest BCUT2D eigenvalue weighted by Gasteiger charge is 2.20. The van der Waals surface area contributed by atoms with Crippen LogP contribution in [-0.4, -0.2) is 19.1 Å². The average Bonchev–Trinajstić information content (AvgIpc) is 3.75. The zero-order valence-electron chi connectivity index (χ0n) is 29.3. The molecule has 3 heterocycles. The van der Waals surface area contributed by atoms with Crippen LogP contribution in [0.3, 0.4) is 0 Å². The van der Waals surface area contributed by atoms with Gasteiger partial charge >= 0.3 is 0 Å². The third-order valence-electron chi connectivity index (χ3n) is 10.7. The first-order chi connectivity index (χ1) is 26.8. The average molecular weight is 689 g/mol. The lowest BCUT2D eigenvalue weighted by Crippen LogP contribution is -1.99. The van der Waals surface area contributed by atoms with Crippen molar-refractivity contribution in [3.8, 4) is 45.1 Å². The first-order valence-corrected chi connectivity index (χ1v) is 18.3. The monoisotopic (exact) mass is 688 g/mol. The van der Waals surface area contributed by atoms with E-state index in [1.165, 1.54) is 32.6 Å². The van der Waals surface area contributed by atoms with E-state index in [2.05, 4.69) is 197 Å². The largest absolute Gasteiger partial charge is 0.309 e. The summed E-state index contributed by atoms with van der Waals surface area (Å²) in [6.07, 6.45) is 0. The van der Waals surface area contributed by atoms with Crippen molar-refractivity contribution in [1.82, 2.24) is 19.1 Å². The maximum atomic E-state index is 5.36. The predicted molar refractivity (Wildman–Crippen MR) is 225 cm³/mol. The van der Waals surface area contributed by atoms with Crippen LogP contribution in [0.1, 0.15) is 0 Å². The molecule has 0 spiro atoms. The van der Waals surface area contributed by atoms with E-state index in [1.807, 2.05) is 6.07 Å². The molecule has 252 valence electrons. The van der Waals surface area contributed by atoms with Crippen LogP contribution in [0.25, 0.3) is 99.7 Å². The molecule has 0 fully saturated rings. The van der Waals surface area contributed by atoms with Gasteiger partial charge in [0, 0.05) is 49.4 Å². The van der Waals surface area contributed by atoms with Gasteiger partial charge in [-0.15, -0.1) is 0 Å². The first kappa shape index (κ1) is 30.3. The highest BCUT2D eigenvalue weighted by Crippen LogP contribution is 2.41. The molecule has 11 rings (SSSR count). The number of nitrogens with zero attached hydrogens (tertiary/aromatic N) is 4. The van der Waals surface area contributed by atoms with Crippen LogP contribution in [-0.2, 0) is 0 Å². The minimum Gasteiger partial charge on any atom is -0.309 e. The van der Waals surface area contributed by atoms with Gasteiger partial charge in [0.25, 0.3) is 0 Å². The van der Waals surface area contributed by atoms with E-state index in [4.69, 9.17) is 9.97 Å². The van der Waals surface area contributed by atoms with Gasteiger partial charge in [-0.05, 0) is 65.7 Å². The van der Waals surface area contributed by atoms with Gasteiger partial charge in [-0.1, -0.05) is 140 Å². The van der Waals surface area contributed by atoms with Crippen LogP contribution in [0.5, 0.6) is 0 Å². The summed E-state index contributed by atoms with van der Waals surface area (Å²) in [5.41, 5.74) is 13.1. The van der Waals surface area contributed by atoms with Crippen LogP contribution < -0.4 is 0 Å². The number of rotatable bonds is 5. The van der Waals surface area contributed by atoms with Crippen molar-refractivity contribution in [3.63, 3.8) is 0 Å². The molecule has 0 saturated carbocycles. The third kappa shape index (κ3) is 4.70. The predicted octanol–water partition coefficient (Wildman–Crippen LogP) is 12.8. The van der Waals surface area contributed by atoms with Crippen LogP contribution in [0.4, 0.5) is 0 Å². The molecule has 0 aliphatic carbocycles. The second-order valence-electron chi connectivity index (χ2n) is 13.8. The normalized spacial score (nSPS) is 11.7. The van der Waals surface area contributed by atoms with Gasteiger partial charge in [-0.3, -0.25) is 0 Å². The van der Waals surface area contributed by atoms with Crippen molar-refractivity contribution in [1.29, 1.82) is 0 Å². The molecule has 54 heavy (non-hydrogen) atoms. The van der Waals surface area contributed by atoms with E-state index < -0.39 is 0 Å². The quantitative estimate of drug-likeness (QED) is 0.180. The number of fused-ring (bicyclic) bond motifs is 7. The Kier molecular flexibility index (Phi) is 6.82. The van der Waals surface area contributed by atoms with E-state index in [0.29, 0.717) is 5.82 Å². The molecule has 0 amide bonds. The molecule has 0 saturated heterocycles. The Bertz CT molecular complexity index is 3200. The summed E-state index contributed by atoms with van der Waals surface area (Å²) in [6.45, 7) is 0. The molecule has 0 aliphatic heterocycles. The highest BCUT2D eigenvalue weighted by atomic mass is 15.0. The van der Waals surface area contributed by atoms with Crippen LogP contribution in [0.2, 0.25) is 0 Å². The second kappa shape index (κ2) is 12.1. The molecule has 4 nitrogen and oxygen atoms in total. The molecule has 0 radical (unpaired) electrons. The van der Waals surface area contributed by atoms with Gasteiger partial charge in [-0.2, -0.15) is 0 Å². The topological polar surface area (TPSA) is 35.6 Å². The first-order valence-electron chi connectivity index (χ1n) is 18.3. The summed E-state index contributed by atoms with van der Waals surface area (Å²) >= 11 is 0. The van der Waals surface area contributed by atoms with E-state index in [9.17, 15) is 0 Å². The Balaban J connectivity index is 1.15. The molecule has 0 unspecified atom stereocenters. The lowest BCUT2D eigenvalue weighted by Gasteiger charge is -2.14. The van der Waals surface area contributed by atoms with Crippen LogP contribution in [0, 0.1) is 0 Å². The van der Waals surface area contributed by atoms with Crippen molar-refractivity contribution < 1.29 is 0 Å². The molecule has 0 aliphatic rings. The minimum absolute atomic E-state index is 0.697. The Labute approximate surface area is 311 Å². The fraction of sp³-hybridized carbons (Fsp3) is 0. The molecule has 8 aromatic carbocycles. The summed E-state index contributed by atoms with van der Waals surface area (Å²) in [5, 5.41) is 5.94. The summed E-state index contributed by atoms with van der Waals surface area (Å²) in [5.74, 6) is 0.697. The smallest absolute Gasteiger partial charge is 0.160 e. The Morgan fingerprint density at radius 1 is 0.333 bits per heavy atom. The fourth-order valence-electron chi connectivity index (χ4n) is 8.32. The maximum absolute atomic E-state index is 5.36. The standard InChI is InChI=1S/C50H32N4/c1-4-16-33(17-5-1)38-26-15-27-43-48(38)49(34-18-6-2-7-19-34)52-50(51-43)35-20-14-23-37(30-35)54-45-29-13-11-25-40(45)42-31-46-41(32-47(42)54)39-24-10-12-28-44(39)53(46)36-21-8-3-9-22-36/h1-32H. The zero-order valence-corrected chi connectivity index (χ0v) is 29.3. The van der Waals surface area contributed by atoms with Crippen molar-refractivity contribution in [2.24, 2.45) is 0 Å². The van der Waals surface area contributed by atoms with E-state index in [-0.39, 0.29) is 0 Å². The van der Waals surface area contributed by atoms with Gasteiger partial charge in [0.05, 0.1) is 33.3 Å². The number of para-hydroxylation sites is 3. The molecule has 11 aromatic rings. The Hall–Kier alpha value is -7.30. The second-order valence-corrected chi connectivity index (χ2v) is 13.8. The molecule has 3 aromatic heterocycles. The SMILES string of the molecule is c1ccc(-c2cccc3nc(-c4cccc(-n5c6ccccc6c6cc7c(cc65)c5ccccc5n7-c5ccccc5)c4)nc(-c4ccccc4)c23)cc1. The Morgan fingerprint density at radius 3 is 1.52 bits per heavy atom. The van der Waals surface area contributed by atoms with Crippen molar-refractivity contribution in [2.45, 2.75) is 0 Å². The van der Waals surface area contributed by atoms with Crippen LogP contribution >= 0.6 is 0 Å². The van der Waals surface area contributed by atoms with Crippen molar-refractivity contribution >= 4 is 54.5 Å². The maximum Gasteiger partial charge on any atom is 0.160 e. The molecular formula is C50H32N4. The van der Waals surface area contributed by atoms with Gasteiger partial charge in [-0.25, -0.2) is 9.97 Å².